The lowest BCUT2D eigenvalue weighted by Crippen LogP contribution is -2.51. The second-order valence-electron chi connectivity index (χ2n) is 10.7. The minimum Gasteiger partial charge on any atom is -0.327 e. The minimum atomic E-state index is -3.89. The van der Waals surface area contributed by atoms with Crippen LogP contribution in [0.15, 0.2) is 6.07 Å². The lowest BCUT2D eigenvalue weighted by atomic mass is 9.99. The van der Waals surface area contributed by atoms with Crippen LogP contribution >= 0.6 is 0 Å². The van der Waals surface area contributed by atoms with E-state index in [1.807, 2.05) is 7.05 Å². The van der Waals surface area contributed by atoms with Gasteiger partial charge in [0, 0.05) is 30.9 Å². The van der Waals surface area contributed by atoms with Gasteiger partial charge in [0.25, 0.3) is 0 Å². The number of likely N-dealkylation sites (tertiary alicyclic amines) is 2. The summed E-state index contributed by atoms with van der Waals surface area (Å²) in [6.45, 7) is 3.94. The summed E-state index contributed by atoms with van der Waals surface area (Å²) in [6.07, 6.45) is 10.3. The van der Waals surface area contributed by atoms with Crippen LogP contribution in [0.2, 0.25) is 0 Å². The van der Waals surface area contributed by atoms with E-state index < -0.39 is 16.2 Å². The molecule has 5 N–H and O–H groups in total. The summed E-state index contributed by atoms with van der Waals surface area (Å²) in [7, 11) is 0.203. The van der Waals surface area contributed by atoms with Gasteiger partial charge in [-0.2, -0.15) is 13.1 Å². The van der Waals surface area contributed by atoms with Crippen molar-refractivity contribution in [1.29, 1.82) is 0 Å². The van der Waals surface area contributed by atoms with Crippen molar-refractivity contribution < 1.29 is 13.2 Å². The normalized spacial score (nSPS) is 24.8. The number of rotatable bonds is 4. The van der Waals surface area contributed by atoms with Gasteiger partial charge in [-0.05, 0) is 114 Å². The van der Waals surface area contributed by atoms with Crippen LogP contribution in [0.25, 0.3) is 0 Å². The van der Waals surface area contributed by atoms with E-state index in [1.165, 1.54) is 41.6 Å². The highest BCUT2D eigenvalue weighted by atomic mass is 32.2. The molecule has 5 rings (SSSR count). The van der Waals surface area contributed by atoms with Crippen molar-refractivity contribution >= 4 is 21.9 Å². The van der Waals surface area contributed by atoms with Crippen molar-refractivity contribution in [2.45, 2.75) is 76.3 Å². The van der Waals surface area contributed by atoms with Crippen molar-refractivity contribution in [3.63, 3.8) is 0 Å². The molecule has 2 heterocycles. The molecule has 2 atom stereocenters. The van der Waals surface area contributed by atoms with Crippen LogP contribution < -0.4 is 20.5 Å². The summed E-state index contributed by atoms with van der Waals surface area (Å²) in [5.41, 5.74) is 11.5. The molecule has 0 bridgehead atoms. The number of benzene rings is 1. The number of hydrogen-bond donors (Lipinski definition) is 4. The monoisotopic (exact) mass is 506 g/mol. The van der Waals surface area contributed by atoms with Gasteiger partial charge < -0.3 is 20.9 Å². The number of urea groups is 1. The zero-order valence-electron chi connectivity index (χ0n) is 21.2. The first-order chi connectivity index (χ1) is 16.7. The number of nitrogens with two attached hydrogens (primary N) is 1. The second-order valence-corrected chi connectivity index (χ2v) is 12.1. The van der Waals surface area contributed by atoms with Crippen LogP contribution in [0.4, 0.5) is 10.5 Å². The third kappa shape index (κ3) is 7.16. The van der Waals surface area contributed by atoms with E-state index in [1.54, 1.807) is 0 Å². The molecule has 2 fully saturated rings. The Morgan fingerprint density at radius 2 is 1.51 bits per heavy atom. The fourth-order valence-corrected chi connectivity index (χ4v) is 6.93. The van der Waals surface area contributed by atoms with Crippen molar-refractivity contribution in [2.75, 3.05) is 45.6 Å². The van der Waals surface area contributed by atoms with E-state index in [2.05, 4.69) is 37.7 Å². The second kappa shape index (κ2) is 11.6. The molecule has 0 saturated carbocycles. The molecule has 2 amide bonds. The number of carbonyl (C=O) groups excluding carboxylic acids is 1. The predicted molar refractivity (Wildman–Crippen MR) is 140 cm³/mol. The Bertz CT molecular complexity index is 975. The van der Waals surface area contributed by atoms with Gasteiger partial charge in [0.1, 0.15) is 0 Å². The molecule has 9 nitrogen and oxygen atoms in total. The number of fused-ring (bicyclic) bond motifs is 2. The highest BCUT2D eigenvalue weighted by molar-refractivity contribution is 7.88. The van der Waals surface area contributed by atoms with Crippen LogP contribution in [0.1, 0.15) is 60.8 Å². The molecule has 0 spiro atoms. The SMILES string of the molecule is CN1CCCC(N)C1.CN1CCCC(NS(=O)(=O)NC(=O)Nc2c3c(cc4c2CCC4)CCC3)C1. The van der Waals surface area contributed by atoms with Crippen LogP contribution in [0, 0.1) is 0 Å². The van der Waals surface area contributed by atoms with Crippen molar-refractivity contribution in [2.24, 2.45) is 5.73 Å². The first kappa shape index (κ1) is 26.3. The van der Waals surface area contributed by atoms with Gasteiger partial charge in [0.15, 0.2) is 0 Å². The molecular weight excluding hydrogens is 464 g/mol. The van der Waals surface area contributed by atoms with Gasteiger partial charge in [-0.15, -0.1) is 0 Å². The molecule has 2 aliphatic heterocycles. The number of anilines is 1. The fourth-order valence-electron chi connectivity index (χ4n) is 5.95. The van der Waals surface area contributed by atoms with Crippen LogP contribution in [-0.2, 0) is 35.9 Å². The summed E-state index contributed by atoms with van der Waals surface area (Å²) >= 11 is 0. The average molecular weight is 507 g/mol. The van der Waals surface area contributed by atoms with Crippen molar-refractivity contribution in [3.05, 3.63) is 28.3 Å². The summed E-state index contributed by atoms with van der Waals surface area (Å²) in [5, 5.41) is 2.87. The number of nitrogens with zero attached hydrogens (tertiary/aromatic N) is 2. The topological polar surface area (TPSA) is 120 Å². The maximum absolute atomic E-state index is 12.5. The molecular formula is C25H42N6O3S. The lowest BCUT2D eigenvalue weighted by molar-refractivity contribution is 0.241. The number of nitrogens with one attached hydrogen (secondary N) is 3. The molecule has 35 heavy (non-hydrogen) atoms. The zero-order valence-corrected chi connectivity index (χ0v) is 22.1. The summed E-state index contributed by atoms with van der Waals surface area (Å²) in [5.74, 6) is 0. The van der Waals surface area contributed by atoms with E-state index in [9.17, 15) is 13.2 Å². The summed E-state index contributed by atoms with van der Waals surface area (Å²) < 4.78 is 29.5. The molecule has 4 aliphatic rings. The Labute approximate surface area is 210 Å². The van der Waals surface area contributed by atoms with Gasteiger partial charge in [0.05, 0.1) is 0 Å². The highest BCUT2D eigenvalue weighted by Gasteiger charge is 2.27. The van der Waals surface area contributed by atoms with Gasteiger partial charge in [-0.25, -0.2) is 9.52 Å². The maximum atomic E-state index is 12.5. The first-order valence-electron chi connectivity index (χ1n) is 13.1. The van der Waals surface area contributed by atoms with Crippen molar-refractivity contribution in [3.8, 4) is 0 Å². The summed E-state index contributed by atoms with van der Waals surface area (Å²) in [4.78, 5) is 16.9. The van der Waals surface area contributed by atoms with Crippen LogP contribution in [0.5, 0.6) is 0 Å². The molecule has 2 unspecified atom stereocenters. The van der Waals surface area contributed by atoms with Gasteiger partial charge in [-0.1, -0.05) is 6.07 Å². The average Bonchev–Trinajstić information content (AvgIpc) is 3.42. The van der Waals surface area contributed by atoms with Crippen LogP contribution in [0.3, 0.4) is 0 Å². The number of likely N-dealkylation sites (N-methyl/N-ethyl adjacent to an activating group) is 2. The Morgan fingerprint density at radius 1 is 0.914 bits per heavy atom. The number of aryl methyl sites for hydroxylation is 2. The van der Waals surface area contributed by atoms with Gasteiger partial charge >= 0.3 is 16.2 Å². The number of carbonyl (C=O) groups is 1. The Hall–Kier alpha value is -1.72. The smallest absolute Gasteiger partial charge is 0.327 e. The molecule has 1 aromatic rings. The number of hydrogen-bond acceptors (Lipinski definition) is 6. The third-order valence-corrected chi connectivity index (χ3v) is 8.64. The quantitative estimate of drug-likeness (QED) is 0.494. The summed E-state index contributed by atoms with van der Waals surface area (Å²) in [6, 6.07) is 1.88. The van der Waals surface area contributed by atoms with E-state index in [0.717, 1.165) is 70.1 Å². The van der Waals surface area contributed by atoms with Gasteiger partial charge in [0.2, 0.25) is 0 Å². The highest BCUT2D eigenvalue weighted by Crippen LogP contribution is 2.38. The largest absolute Gasteiger partial charge is 0.333 e. The Kier molecular flexibility index (Phi) is 8.70. The standard InChI is InChI=1S/C19H28N4O3S.C6H14N2/c1-23-10-4-7-15(12-23)21-27(25,26)22-19(24)20-18-16-8-2-5-13(16)11-14-6-3-9-17(14)18;1-8-4-2-3-6(7)5-8/h11,15,21H,2-10,12H2,1H3,(H2,20,22,24);6H,2-5,7H2,1H3. The molecule has 2 saturated heterocycles. The number of piperidine rings is 2. The first-order valence-corrected chi connectivity index (χ1v) is 14.6. The predicted octanol–water partition coefficient (Wildman–Crippen LogP) is 1.75. The van der Waals surface area contributed by atoms with E-state index in [4.69, 9.17) is 5.73 Å². The molecule has 2 aliphatic carbocycles. The Morgan fingerprint density at radius 3 is 2.06 bits per heavy atom. The minimum absolute atomic E-state index is 0.167. The molecule has 196 valence electrons. The Balaban J connectivity index is 0.000000308. The molecule has 0 radical (unpaired) electrons. The molecule has 10 heteroatoms. The van der Waals surface area contributed by atoms with Crippen LogP contribution in [-0.4, -0.2) is 76.6 Å². The van der Waals surface area contributed by atoms with E-state index >= 15 is 0 Å². The third-order valence-electron chi connectivity index (χ3n) is 7.55. The number of amides is 2. The molecule has 1 aromatic carbocycles. The lowest BCUT2D eigenvalue weighted by Gasteiger charge is -2.29. The van der Waals surface area contributed by atoms with E-state index in [0.29, 0.717) is 12.6 Å². The zero-order chi connectivity index (χ0) is 25.0. The van der Waals surface area contributed by atoms with Crippen molar-refractivity contribution in [1.82, 2.24) is 19.2 Å². The van der Waals surface area contributed by atoms with Gasteiger partial charge in [-0.3, -0.25) is 0 Å². The fraction of sp³-hybridized carbons (Fsp3) is 0.720. The maximum Gasteiger partial charge on any atom is 0.333 e. The van der Waals surface area contributed by atoms with E-state index in [-0.39, 0.29) is 6.04 Å². The molecule has 0 aromatic heterocycles.